The molecule has 0 unspecified atom stereocenters. The molecule has 0 bridgehead atoms. The Balaban J connectivity index is 1.51. The first-order valence-corrected chi connectivity index (χ1v) is 16.7. The number of benzene rings is 3. The van der Waals surface area contributed by atoms with Crippen molar-refractivity contribution >= 4 is 25.0 Å². The van der Waals surface area contributed by atoms with Gasteiger partial charge in [0.05, 0.1) is 21.8 Å². The predicted octanol–water partition coefficient (Wildman–Crippen LogP) is 5.41. The number of hydrogen-bond acceptors (Lipinski definition) is 4. The van der Waals surface area contributed by atoms with Crippen LogP contribution in [0.1, 0.15) is 50.2 Å². The van der Waals surface area contributed by atoms with Crippen LogP contribution >= 0.6 is 0 Å². The predicted molar refractivity (Wildman–Crippen MR) is 144 cm³/mol. The number of hydrogen-bond donors (Lipinski definition) is 0. The lowest BCUT2D eigenvalue weighted by Crippen LogP contribution is -2.45. The molecule has 0 saturated heterocycles. The second-order valence-electron chi connectivity index (χ2n) is 12.2. The van der Waals surface area contributed by atoms with Gasteiger partial charge in [-0.05, 0) is 50.1 Å². The number of allylic oxidation sites excluding steroid dienone is 1. The van der Waals surface area contributed by atoms with Gasteiger partial charge in [0, 0.05) is 23.0 Å². The fourth-order valence-electron chi connectivity index (χ4n) is 8.42. The van der Waals surface area contributed by atoms with Crippen LogP contribution in [-0.4, -0.2) is 26.9 Å². The molecule has 184 valence electrons. The van der Waals surface area contributed by atoms with E-state index in [0.29, 0.717) is 6.61 Å². The molecule has 0 aromatic heterocycles. The first-order chi connectivity index (χ1) is 17.8. The van der Waals surface area contributed by atoms with Gasteiger partial charge in [0.2, 0.25) is 0 Å². The highest BCUT2D eigenvalue weighted by atomic mass is 28.3. The highest BCUT2D eigenvalue weighted by molar-refractivity contribution is 6.90. The zero-order chi connectivity index (χ0) is 25.4. The van der Waals surface area contributed by atoms with Gasteiger partial charge in [-0.15, -0.1) is 0 Å². The minimum absolute atomic E-state index is 0.0814. The summed E-state index contributed by atoms with van der Waals surface area (Å²) in [6.07, 6.45) is 2.17. The molecule has 8 rings (SSSR count). The van der Waals surface area contributed by atoms with Gasteiger partial charge in [-0.3, -0.25) is 9.59 Å². The summed E-state index contributed by atoms with van der Waals surface area (Å²) in [7, 11) is -0.510. The van der Waals surface area contributed by atoms with Crippen molar-refractivity contribution in [3.05, 3.63) is 99.6 Å². The number of fused-ring (bicyclic) bond motifs is 6. The molecule has 0 N–H and O–H groups in total. The van der Waals surface area contributed by atoms with Gasteiger partial charge in [-0.1, -0.05) is 80.3 Å². The van der Waals surface area contributed by atoms with Gasteiger partial charge in [0.1, 0.15) is 11.5 Å². The topological polar surface area (TPSA) is 52.6 Å². The summed E-state index contributed by atoms with van der Waals surface area (Å²) in [5, 5.41) is 1.21. The number of carbonyl (C=O) groups excluding carboxylic acids is 2. The van der Waals surface area contributed by atoms with Crippen molar-refractivity contribution in [3.63, 3.8) is 0 Å². The van der Waals surface area contributed by atoms with E-state index in [1.165, 1.54) is 29.0 Å². The molecule has 1 fully saturated rings. The van der Waals surface area contributed by atoms with Crippen LogP contribution in [0.3, 0.4) is 0 Å². The molecule has 5 aliphatic rings. The summed E-state index contributed by atoms with van der Waals surface area (Å²) in [6, 6.07) is 18.4. The standard InChI is InChI=1S/C32H28O4Si/c1-35-31(34)32-21-14-19-23(26(21)32)24-20(15-36-29(19)16-10-6-5-7-11-16)30(37(2,3)4)25-22(27(24)32)17-12-8-9-13-18(17)28(25)33/h5-14,21,23,26,29H,15H2,1-4H3/t21-,23-,26-,29-,32+/m1/s1. The summed E-state index contributed by atoms with van der Waals surface area (Å²) >= 11 is 0. The molecular weight excluding hydrogens is 476 g/mol. The van der Waals surface area contributed by atoms with Gasteiger partial charge >= 0.3 is 5.97 Å². The van der Waals surface area contributed by atoms with E-state index < -0.39 is 13.5 Å². The molecule has 5 heteroatoms. The number of rotatable bonds is 3. The van der Waals surface area contributed by atoms with E-state index in [9.17, 15) is 9.59 Å². The van der Waals surface area contributed by atoms with E-state index in [4.69, 9.17) is 9.47 Å². The number of carbonyl (C=O) groups is 2. The maximum atomic E-state index is 14.1. The molecule has 4 aliphatic carbocycles. The maximum absolute atomic E-state index is 14.1. The number of methoxy groups -OCH3 is 1. The molecule has 37 heavy (non-hydrogen) atoms. The van der Waals surface area contributed by atoms with E-state index in [1.807, 2.05) is 24.3 Å². The van der Waals surface area contributed by atoms with Crippen LogP contribution in [0, 0.1) is 11.8 Å². The second-order valence-corrected chi connectivity index (χ2v) is 17.2. The van der Waals surface area contributed by atoms with E-state index in [0.717, 1.165) is 33.4 Å². The largest absolute Gasteiger partial charge is 0.468 e. The fourth-order valence-corrected chi connectivity index (χ4v) is 10.5. The van der Waals surface area contributed by atoms with Crippen molar-refractivity contribution in [2.45, 2.75) is 43.7 Å². The average molecular weight is 505 g/mol. The average Bonchev–Trinajstić information content (AvgIpc) is 3.15. The third kappa shape index (κ3) is 2.35. The van der Waals surface area contributed by atoms with Crippen LogP contribution in [-0.2, 0) is 26.3 Å². The number of ketones is 1. The SMILES string of the molecule is COC(=O)[C@@]12c3c4c(c([Si](C)(C)C)c5c3[C@H]3C(=C[C@@H]1[C@H]32)[C@@H](c1ccccc1)OC5)C(=O)c1ccccc1-4. The third-order valence-electron chi connectivity index (χ3n) is 9.53. The summed E-state index contributed by atoms with van der Waals surface area (Å²) in [5.74, 6) is 0.268. The van der Waals surface area contributed by atoms with E-state index in [-0.39, 0.29) is 35.6 Å². The normalized spacial score (nSPS) is 29.3. The van der Waals surface area contributed by atoms with Crippen molar-refractivity contribution < 1.29 is 19.1 Å². The Labute approximate surface area is 217 Å². The molecule has 4 nitrogen and oxygen atoms in total. The Hall–Kier alpha value is -3.28. The molecule has 5 atom stereocenters. The van der Waals surface area contributed by atoms with Crippen molar-refractivity contribution in [2.24, 2.45) is 11.8 Å². The Morgan fingerprint density at radius 2 is 1.70 bits per heavy atom. The van der Waals surface area contributed by atoms with E-state index in [1.54, 1.807) is 0 Å². The molecule has 1 heterocycles. The highest BCUT2D eigenvalue weighted by Gasteiger charge is 2.81. The summed E-state index contributed by atoms with van der Waals surface area (Å²) in [4.78, 5) is 27.8. The summed E-state index contributed by atoms with van der Waals surface area (Å²) < 4.78 is 12.3. The second kappa shape index (κ2) is 6.77. The zero-order valence-corrected chi connectivity index (χ0v) is 22.4. The van der Waals surface area contributed by atoms with Gasteiger partial charge in [-0.25, -0.2) is 0 Å². The Morgan fingerprint density at radius 1 is 1.00 bits per heavy atom. The number of ether oxygens (including phenoxy) is 2. The minimum Gasteiger partial charge on any atom is -0.468 e. The van der Waals surface area contributed by atoms with Crippen molar-refractivity contribution in [3.8, 4) is 11.1 Å². The molecule has 0 radical (unpaired) electrons. The number of esters is 1. The molecule has 3 aromatic carbocycles. The van der Waals surface area contributed by atoms with Gasteiger partial charge < -0.3 is 9.47 Å². The van der Waals surface area contributed by atoms with Crippen LogP contribution in [0.5, 0.6) is 0 Å². The van der Waals surface area contributed by atoms with Crippen LogP contribution < -0.4 is 5.19 Å². The Kier molecular flexibility index (Phi) is 3.98. The van der Waals surface area contributed by atoms with Crippen molar-refractivity contribution in [1.82, 2.24) is 0 Å². The van der Waals surface area contributed by atoms with E-state index >= 15 is 0 Å². The quantitative estimate of drug-likeness (QED) is 0.213. The summed E-state index contributed by atoms with van der Waals surface area (Å²) in [6.45, 7) is 7.41. The van der Waals surface area contributed by atoms with Gasteiger partial charge in [0.25, 0.3) is 0 Å². The lowest BCUT2D eigenvalue weighted by atomic mass is 9.82. The van der Waals surface area contributed by atoms with Crippen LogP contribution in [0.4, 0.5) is 0 Å². The van der Waals surface area contributed by atoms with Crippen molar-refractivity contribution in [1.29, 1.82) is 0 Å². The third-order valence-corrected chi connectivity index (χ3v) is 11.6. The molecule has 3 aromatic rings. The first-order valence-electron chi connectivity index (χ1n) is 13.2. The summed E-state index contributed by atoms with van der Waals surface area (Å²) in [5.41, 5.74) is 8.76. The molecule has 1 aliphatic heterocycles. The molecular formula is C32H28O4Si. The highest BCUT2D eigenvalue weighted by Crippen LogP contribution is 2.80. The van der Waals surface area contributed by atoms with Crippen LogP contribution in [0.25, 0.3) is 11.1 Å². The Morgan fingerprint density at radius 3 is 2.41 bits per heavy atom. The van der Waals surface area contributed by atoms with Crippen molar-refractivity contribution in [2.75, 3.05) is 7.11 Å². The van der Waals surface area contributed by atoms with Gasteiger partial charge in [0.15, 0.2) is 5.78 Å². The minimum atomic E-state index is -2.01. The molecule has 0 amide bonds. The monoisotopic (exact) mass is 504 g/mol. The zero-order valence-electron chi connectivity index (χ0n) is 21.4. The van der Waals surface area contributed by atoms with Crippen LogP contribution in [0.2, 0.25) is 19.6 Å². The molecule has 0 spiro atoms. The smallest absolute Gasteiger partial charge is 0.317 e. The maximum Gasteiger partial charge on any atom is 0.317 e. The fraction of sp³-hybridized carbons (Fsp3) is 0.312. The van der Waals surface area contributed by atoms with E-state index in [2.05, 4.69) is 56.0 Å². The lowest BCUT2D eigenvalue weighted by Gasteiger charge is -2.30. The first kappa shape index (κ1) is 21.8. The van der Waals surface area contributed by atoms with Crippen LogP contribution in [0.15, 0.2) is 66.2 Å². The van der Waals surface area contributed by atoms with Gasteiger partial charge in [-0.2, -0.15) is 0 Å². The Bertz CT molecular complexity index is 1610. The lowest BCUT2D eigenvalue weighted by molar-refractivity contribution is -0.144. The molecule has 1 saturated carbocycles.